The van der Waals surface area contributed by atoms with Crippen LogP contribution in [-0.2, 0) is 6.61 Å². The molecule has 1 fully saturated rings. The van der Waals surface area contributed by atoms with Gasteiger partial charge in [0.2, 0.25) is 0 Å². The lowest BCUT2D eigenvalue weighted by molar-refractivity contribution is 0.229. The second-order valence-electron chi connectivity index (χ2n) is 6.66. The molecule has 5 nitrogen and oxygen atoms in total. The predicted molar refractivity (Wildman–Crippen MR) is 104 cm³/mol. The lowest BCUT2D eigenvalue weighted by Gasteiger charge is -2.29. The summed E-state index contributed by atoms with van der Waals surface area (Å²) < 4.78 is 5.80. The van der Waals surface area contributed by atoms with Crippen molar-refractivity contribution in [2.24, 2.45) is 5.73 Å². The summed E-state index contributed by atoms with van der Waals surface area (Å²) in [5.41, 5.74) is 7.52. The average molecular weight is 353 g/mol. The molecular weight excluding hydrogens is 326 g/mol. The first-order valence-electron chi connectivity index (χ1n) is 9.28. The van der Waals surface area contributed by atoms with Gasteiger partial charge in [0.1, 0.15) is 12.4 Å². The van der Waals surface area contributed by atoms with Crippen molar-refractivity contribution in [3.63, 3.8) is 0 Å². The van der Waals surface area contributed by atoms with Gasteiger partial charge in [-0.2, -0.15) is 0 Å². The lowest BCUT2D eigenvalue weighted by atomic mass is 10.1. The van der Waals surface area contributed by atoms with Crippen LogP contribution in [0.4, 0.5) is 10.5 Å². The van der Waals surface area contributed by atoms with Gasteiger partial charge < -0.3 is 15.4 Å². The summed E-state index contributed by atoms with van der Waals surface area (Å²) >= 11 is 0. The van der Waals surface area contributed by atoms with E-state index in [1.54, 1.807) is 4.90 Å². The van der Waals surface area contributed by atoms with Crippen LogP contribution in [0, 0.1) is 0 Å². The fourth-order valence-electron chi connectivity index (χ4n) is 3.25. The van der Waals surface area contributed by atoms with E-state index < -0.39 is 6.03 Å². The Bertz CT molecular complexity index is 682. The molecule has 5 heteroatoms. The third kappa shape index (κ3) is 5.23. The number of carbonyl (C=O) groups is 1. The van der Waals surface area contributed by atoms with Crippen LogP contribution < -0.4 is 15.4 Å². The number of likely N-dealkylation sites (tertiary alicyclic amines) is 1. The number of ether oxygens (including phenoxy) is 1. The maximum absolute atomic E-state index is 11.9. The topological polar surface area (TPSA) is 58.8 Å². The smallest absolute Gasteiger partial charge is 0.319 e. The van der Waals surface area contributed by atoms with Crippen LogP contribution in [0.2, 0.25) is 0 Å². The Morgan fingerprint density at radius 2 is 1.69 bits per heavy atom. The molecule has 1 heterocycles. The van der Waals surface area contributed by atoms with Crippen LogP contribution in [0.25, 0.3) is 0 Å². The van der Waals surface area contributed by atoms with Crippen molar-refractivity contribution < 1.29 is 9.53 Å². The third-order valence-electron chi connectivity index (χ3n) is 4.75. The number of benzene rings is 2. The maximum atomic E-state index is 11.9. The molecule has 1 aliphatic heterocycles. The highest BCUT2D eigenvalue weighted by Gasteiger charge is 2.16. The Morgan fingerprint density at radius 3 is 2.35 bits per heavy atom. The van der Waals surface area contributed by atoms with E-state index in [4.69, 9.17) is 10.5 Å². The molecule has 2 amide bonds. The number of hydrogen-bond donors (Lipinski definition) is 1. The summed E-state index contributed by atoms with van der Waals surface area (Å²) in [6, 6.07) is 17.2. The van der Waals surface area contributed by atoms with Crippen molar-refractivity contribution in [3.8, 4) is 5.75 Å². The molecule has 1 saturated heterocycles. The van der Waals surface area contributed by atoms with Crippen LogP contribution in [-0.4, -0.2) is 37.1 Å². The first kappa shape index (κ1) is 18.3. The number of rotatable bonds is 7. The van der Waals surface area contributed by atoms with Crippen molar-refractivity contribution in [2.75, 3.05) is 31.1 Å². The number of nitrogens with two attached hydrogens (primary N) is 1. The molecule has 2 aromatic rings. The van der Waals surface area contributed by atoms with Crippen molar-refractivity contribution in [2.45, 2.75) is 25.9 Å². The largest absolute Gasteiger partial charge is 0.489 e. The Kier molecular flexibility index (Phi) is 6.50. The number of urea groups is 1. The van der Waals surface area contributed by atoms with Crippen molar-refractivity contribution in [1.29, 1.82) is 0 Å². The Hall–Kier alpha value is -2.53. The zero-order chi connectivity index (χ0) is 18.2. The fraction of sp³-hybridized carbons (Fsp3) is 0.381. The highest BCUT2D eigenvalue weighted by molar-refractivity contribution is 5.90. The van der Waals surface area contributed by atoms with E-state index in [2.05, 4.69) is 4.90 Å². The van der Waals surface area contributed by atoms with Gasteiger partial charge in [0, 0.05) is 18.8 Å². The van der Waals surface area contributed by atoms with E-state index in [1.165, 1.54) is 19.3 Å². The minimum absolute atomic E-state index is 0.417. The second-order valence-corrected chi connectivity index (χ2v) is 6.66. The fourth-order valence-corrected chi connectivity index (χ4v) is 3.25. The lowest BCUT2D eigenvalue weighted by Crippen LogP contribution is -2.42. The molecule has 0 atom stereocenters. The standard InChI is InChI=1S/C21H27N3O2/c22-21(25)24(16-15-23-13-5-2-6-14-23)19-9-11-20(12-10-19)26-17-18-7-3-1-4-8-18/h1,3-4,7-12H,2,5-6,13-17H2,(H2,22,25). The monoisotopic (exact) mass is 353 g/mol. The van der Waals surface area contributed by atoms with E-state index in [0.29, 0.717) is 13.2 Å². The van der Waals surface area contributed by atoms with Crippen molar-refractivity contribution >= 4 is 11.7 Å². The van der Waals surface area contributed by atoms with Gasteiger partial charge in [-0.05, 0) is 55.8 Å². The summed E-state index contributed by atoms with van der Waals surface area (Å²) in [6.45, 7) is 4.21. The van der Waals surface area contributed by atoms with Gasteiger partial charge in [-0.25, -0.2) is 4.79 Å². The third-order valence-corrected chi connectivity index (χ3v) is 4.75. The molecule has 0 aliphatic carbocycles. The Morgan fingerprint density at radius 1 is 1.00 bits per heavy atom. The number of hydrogen-bond acceptors (Lipinski definition) is 3. The van der Waals surface area contributed by atoms with Crippen molar-refractivity contribution in [3.05, 3.63) is 60.2 Å². The first-order valence-corrected chi connectivity index (χ1v) is 9.28. The molecule has 2 aromatic carbocycles. The summed E-state index contributed by atoms with van der Waals surface area (Å²) in [6.07, 6.45) is 3.79. The quantitative estimate of drug-likeness (QED) is 0.827. The zero-order valence-electron chi connectivity index (χ0n) is 15.1. The van der Waals surface area contributed by atoms with E-state index >= 15 is 0 Å². The average Bonchev–Trinajstić information content (AvgIpc) is 2.69. The van der Waals surface area contributed by atoms with Gasteiger partial charge in [0.05, 0.1) is 0 Å². The molecule has 0 bridgehead atoms. The van der Waals surface area contributed by atoms with E-state index in [9.17, 15) is 4.79 Å². The Labute approximate surface area is 155 Å². The van der Waals surface area contributed by atoms with E-state index in [1.807, 2.05) is 54.6 Å². The molecule has 3 rings (SSSR count). The van der Waals surface area contributed by atoms with Crippen LogP contribution in [0.15, 0.2) is 54.6 Å². The minimum atomic E-state index is -0.417. The molecule has 0 radical (unpaired) electrons. The van der Waals surface area contributed by atoms with E-state index in [0.717, 1.165) is 36.6 Å². The first-order chi connectivity index (χ1) is 12.7. The molecule has 0 aromatic heterocycles. The normalized spacial score (nSPS) is 14.8. The summed E-state index contributed by atoms with van der Waals surface area (Å²) in [5, 5.41) is 0. The number of piperidine rings is 1. The molecule has 0 spiro atoms. The van der Waals surface area contributed by atoms with Crippen molar-refractivity contribution in [1.82, 2.24) is 4.90 Å². The molecule has 0 unspecified atom stereocenters. The molecule has 2 N–H and O–H groups in total. The van der Waals surface area contributed by atoms with Gasteiger partial charge in [-0.15, -0.1) is 0 Å². The predicted octanol–water partition coefficient (Wildman–Crippen LogP) is 3.64. The maximum Gasteiger partial charge on any atom is 0.319 e. The van der Waals surface area contributed by atoms with Crippen LogP contribution >= 0.6 is 0 Å². The summed E-state index contributed by atoms with van der Waals surface area (Å²) in [5.74, 6) is 0.776. The number of amides is 2. The molecule has 26 heavy (non-hydrogen) atoms. The SMILES string of the molecule is NC(=O)N(CCN1CCCCC1)c1ccc(OCc2ccccc2)cc1. The minimum Gasteiger partial charge on any atom is -0.489 e. The highest BCUT2D eigenvalue weighted by atomic mass is 16.5. The highest BCUT2D eigenvalue weighted by Crippen LogP contribution is 2.20. The van der Waals surface area contributed by atoms with Gasteiger partial charge in [0.15, 0.2) is 0 Å². The molecule has 0 saturated carbocycles. The zero-order valence-corrected chi connectivity index (χ0v) is 15.1. The molecular formula is C21H27N3O2. The number of nitrogens with zero attached hydrogens (tertiary/aromatic N) is 2. The molecule has 138 valence electrons. The number of primary amides is 1. The van der Waals surface area contributed by atoms with Gasteiger partial charge in [-0.3, -0.25) is 4.90 Å². The van der Waals surface area contributed by atoms with Crippen LogP contribution in [0.3, 0.4) is 0 Å². The van der Waals surface area contributed by atoms with Gasteiger partial charge >= 0.3 is 6.03 Å². The number of anilines is 1. The van der Waals surface area contributed by atoms with Crippen LogP contribution in [0.5, 0.6) is 5.75 Å². The van der Waals surface area contributed by atoms with Crippen LogP contribution in [0.1, 0.15) is 24.8 Å². The summed E-state index contributed by atoms with van der Waals surface area (Å²) in [7, 11) is 0. The second kappa shape index (κ2) is 9.25. The van der Waals surface area contributed by atoms with E-state index in [-0.39, 0.29) is 0 Å². The summed E-state index contributed by atoms with van der Waals surface area (Å²) in [4.78, 5) is 15.9. The molecule has 1 aliphatic rings. The Balaban J connectivity index is 1.56. The number of carbonyl (C=O) groups excluding carboxylic acids is 1. The van der Waals surface area contributed by atoms with Gasteiger partial charge in [-0.1, -0.05) is 36.8 Å². The van der Waals surface area contributed by atoms with Gasteiger partial charge in [0.25, 0.3) is 0 Å².